The zero-order chi connectivity index (χ0) is 15.6. The number of urea groups is 1. The van der Waals surface area contributed by atoms with Crippen LogP contribution in [-0.4, -0.2) is 12.6 Å². The number of rotatable bonds is 4. The van der Waals surface area contributed by atoms with E-state index in [0.29, 0.717) is 23.8 Å². The average Bonchev–Trinajstić information content (AvgIpc) is 2.74. The van der Waals surface area contributed by atoms with E-state index in [1.807, 2.05) is 27.7 Å². The number of hydrogen-bond acceptors (Lipinski definition) is 2. The van der Waals surface area contributed by atoms with Gasteiger partial charge in [0.1, 0.15) is 17.2 Å². The molecule has 2 N–H and O–H groups in total. The minimum atomic E-state index is -0.298. The number of carbonyl (C=O) groups is 1. The van der Waals surface area contributed by atoms with E-state index in [4.69, 9.17) is 4.42 Å². The molecular formula is C16H21FN2O2. The number of hydrogen-bond donors (Lipinski definition) is 2. The molecule has 1 heterocycles. The van der Waals surface area contributed by atoms with Gasteiger partial charge in [0.05, 0.1) is 6.04 Å². The molecule has 2 amide bonds. The molecule has 2 aromatic rings. The Balaban J connectivity index is 2.14. The predicted octanol–water partition coefficient (Wildman–Crippen LogP) is 3.90. The maximum Gasteiger partial charge on any atom is 0.315 e. The zero-order valence-electron chi connectivity index (χ0n) is 12.8. The van der Waals surface area contributed by atoms with Crippen LogP contribution in [0.1, 0.15) is 38.1 Å². The van der Waals surface area contributed by atoms with E-state index in [2.05, 4.69) is 10.6 Å². The first-order chi connectivity index (χ1) is 9.88. The fourth-order valence-corrected chi connectivity index (χ4v) is 2.24. The fourth-order valence-electron chi connectivity index (χ4n) is 2.24. The van der Waals surface area contributed by atoms with Crippen molar-refractivity contribution in [1.82, 2.24) is 10.6 Å². The van der Waals surface area contributed by atoms with E-state index < -0.39 is 0 Å². The molecule has 0 radical (unpaired) electrons. The molecular weight excluding hydrogens is 271 g/mol. The molecule has 114 valence electrons. The first kappa shape index (κ1) is 15.4. The van der Waals surface area contributed by atoms with E-state index in [0.717, 1.165) is 10.9 Å². The van der Waals surface area contributed by atoms with Crippen molar-refractivity contribution in [2.75, 3.05) is 6.54 Å². The highest BCUT2D eigenvalue weighted by Gasteiger charge is 2.18. The summed E-state index contributed by atoms with van der Waals surface area (Å²) < 4.78 is 19.0. The second-order valence-electron chi connectivity index (χ2n) is 5.70. The van der Waals surface area contributed by atoms with Gasteiger partial charge in [0.2, 0.25) is 0 Å². The molecule has 1 unspecified atom stereocenters. The van der Waals surface area contributed by atoms with Crippen molar-refractivity contribution in [3.8, 4) is 0 Å². The Bertz CT molecular complexity index is 649. The number of aryl methyl sites for hydroxylation is 1. The number of halogens is 1. The summed E-state index contributed by atoms with van der Waals surface area (Å²) in [5, 5.41) is 6.36. The monoisotopic (exact) mass is 292 g/mol. The number of carbonyl (C=O) groups excluding carboxylic acids is 1. The molecule has 0 aliphatic heterocycles. The van der Waals surface area contributed by atoms with Gasteiger partial charge in [-0.1, -0.05) is 13.8 Å². The second-order valence-corrected chi connectivity index (χ2v) is 5.70. The van der Waals surface area contributed by atoms with Gasteiger partial charge in [-0.15, -0.1) is 0 Å². The predicted molar refractivity (Wildman–Crippen MR) is 80.7 cm³/mol. The van der Waals surface area contributed by atoms with Crippen LogP contribution in [0.15, 0.2) is 22.6 Å². The van der Waals surface area contributed by atoms with Crippen molar-refractivity contribution in [2.24, 2.45) is 5.92 Å². The van der Waals surface area contributed by atoms with Crippen LogP contribution >= 0.6 is 0 Å². The van der Waals surface area contributed by atoms with Crippen LogP contribution in [0.3, 0.4) is 0 Å². The second kappa shape index (κ2) is 6.16. The molecule has 4 nitrogen and oxygen atoms in total. The van der Waals surface area contributed by atoms with Crippen LogP contribution in [0, 0.1) is 18.7 Å². The van der Waals surface area contributed by atoms with Gasteiger partial charge in [-0.25, -0.2) is 9.18 Å². The van der Waals surface area contributed by atoms with Crippen molar-refractivity contribution in [3.05, 3.63) is 35.3 Å². The lowest BCUT2D eigenvalue weighted by Crippen LogP contribution is -2.38. The Morgan fingerprint density at radius 2 is 2.05 bits per heavy atom. The Labute approximate surface area is 123 Å². The van der Waals surface area contributed by atoms with E-state index in [1.54, 1.807) is 6.07 Å². The Hall–Kier alpha value is -2.04. The normalized spacial score (nSPS) is 12.7. The quantitative estimate of drug-likeness (QED) is 0.898. The van der Waals surface area contributed by atoms with Gasteiger partial charge in [-0.3, -0.25) is 0 Å². The third-order valence-corrected chi connectivity index (χ3v) is 3.35. The number of benzene rings is 1. The maximum absolute atomic E-state index is 13.3. The maximum atomic E-state index is 13.3. The fraction of sp³-hybridized carbons (Fsp3) is 0.438. The molecule has 1 aromatic heterocycles. The summed E-state index contributed by atoms with van der Waals surface area (Å²) in [4.78, 5) is 11.8. The van der Waals surface area contributed by atoms with Crippen LogP contribution in [-0.2, 0) is 0 Å². The van der Waals surface area contributed by atoms with Crippen molar-refractivity contribution in [1.29, 1.82) is 0 Å². The molecule has 0 saturated heterocycles. The SMILES string of the molecule is Cc1c(C(C)NC(=O)NCC(C)C)oc2ccc(F)cc12. The van der Waals surface area contributed by atoms with Crippen LogP contribution in [0.4, 0.5) is 9.18 Å². The summed E-state index contributed by atoms with van der Waals surface area (Å²) in [7, 11) is 0. The third-order valence-electron chi connectivity index (χ3n) is 3.35. The first-order valence-electron chi connectivity index (χ1n) is 7.11. The van der Waals surface area contributed by atoms with Gasteiger partial charge in [0, 0.05) is 17.5 Å². The third kappa shape index (κ3) is 3.54. The summed E-state index contributed by atoms with van der Waals surface area (Å²) >= 11 is 0. The van der Waals surface area contributed by atoms with Crippen molar-refractivity contribution < 1.29 is 13.6 Å². The molecule has 0 aliphatic carbocycles. The standard InChI is InChI=1S/C16H21FN2O2/c1-9(2)8-18-16(20)19-11(4)15-10(3)13-7-12(17)5-6-14(13)21-15/h5-7,9,11H,8H2,1-4H3,(H2,18,19,20). The number of amides is 2. The molecule has 5 heteroatoms. The molecule has 1 atom stereocenters. The van der Waals surface area contributed by atoms with Gasteiger partial charge < -0.3 is 15.1 Å². The minimum Gasteiger partial charge on any atom is -0.459 e. The minimum absolute atomic E-state index is 0.234. The highest BCUT2D eigenvalue weighted by Crippen LogP contribution is 2.29. The molecule has 0 spiro atoms. The molecule has 0 bridgehead atoms. The van der Waals surface area contributed by atoms with Crippen molar-refractivity contribution in [3.63, 3.8) is 0 Å². The number of nitrogens with one attached hydrogen (secondary N) is 2. The largest absolute Gasteiger partial charge is 0.459 e. The Kier molecular flexibility index (Phi) is 4.50. The van der Waals surface area contributed by atoms with E-state index >= 15 is 0 Å². The lowest BCUT2D eigenvalue weighted by atomic mass is 10.1. The van der Waals surface area contributed by atoms with Gasteiger partial charge in [-0.2, -0.15) is 0 Å². The van der Waals surface area contributed by atoms with Crippen molar-refractivity contribution >= 4 is 17.0 Å². The molecule has 0 saturated carbocycles. The molecule has 0 fully saturated rings. The highest BCUT2D eigenvalue weighted by atomic mass is 19.1. The molecule has 1 aromatic carbocycles. The molecule has 0 aliphatic rings. The number of furan rings is 1. The van der Waals surface area contributed by atoms with Gasteiger partial charge >= 0.3 is 6.03 Å². The van der Waals surface area contributed by atoms with E-state index in [-0.39, 0.29) is 17.9 Å². The Morgan fingerprint density at radius 1 is 1.33 bits per heavy atom. The summed E-state index contributed by atoms with van der Waals surface area (Å²) in [6.45, 7) is 8.38. The average molecular weight is 292 g/mol. The van der Waals surface area contributed by atoms with Gasteiger partial charge in [0.25, 0.3) is 0 Å². The van der Waals surface area contributed by atoms with E-state index in [1.165, 1.54) is 12.1 Å². The zero-order valence-corrected chi connectivity index (χ0v) is 12.8. The van der Waals surface area contributed by atoms with Crippen LogP contribution in [0.25, 0.3) is 11.0 Å². The summed E-state index contributed by atoms with van der Waals surface area (Å²) in [5.74, 6) is 0.741. The van der Waals surface area contributed by atoms with Gasteiger partial charge in [0.15, 0.2) is 0 Å². The molecule has 21 heavy (non-hydrogen) atoms. The van der Waals surface area contributed by atoms with E-state index in [9.17, 15) is 9.18 Å². The van der Waals surface area contributed by atoms with Crippen LogP contribution < -0.4 is 10.6 Å². The van der Waals surface area contributed by atoms with Crippen molar-refractivity contribution in [2.45, 2.75) is 33.7 Å². The Morgan fingerprint density at radius 3 is 2.71 bits per heavy atom. The first-order valence-corrected chi connectivity index (χ1v) is 7.11. The van der Waals surface area contributed by atoms with Crippen LogP contribution in [0.2, 0.25) is 0 Å². The number of fused-ring (bicyclic) bond motifs is 1. The topological polar surface area (TPSA) is 54.3 Å². The summed E-state index contributed by atoms with van der Waals surface area (Å²) in [5.41, 5.74) is 1.47. The van der Waals surface area contributed by atoms with Gasteiger partial charge in [-0.05, 0) is 38.0 Å². The highest BCUT2D eigenvalue weighted by molar-refractivity contribution is 5.82. The molecule has 2 rings (SSSR count). The lowest BCUT2D eigenvalue weighted by Gasteiger charge is -2.14. The lowest BCUT2D eigenvalue weighted by molar-refractivity contribution is 0.235. The van der Waals surface area contributed by atoms with Crippen LogP contribution in [0.5, 0.6) is 0 Å². The summed E-state index contributed by atoms with van der Waals surface area (Å²) in [6, 6.07) is 3.90. The summed E-state index contributed by atoms with van der Waals surface area (Å²) in [6.07, 6.45) is 0. The smallest absolute Gasteiger partial charge is 0.315 e.